The van der Waals surface area contributed by atoms with Gasteiger partial charge in [0.25, 0.3) is 0 Å². The molecule has 2 unspecified atom stereocenters. The van der Waals surface area contributed by atoms with Gasteiger partial charge in [0.15, 0.2) is 0 Å². The van der Waals surface area contributed by atoms with Gasteiger partial charge in [0.2, 0.25) is 0 Å². The van der Waals surface area contributed by atoms with Crippen LogP contribution in [0.3, 0.4) is 0 Å². The van der Waals surface area contributed by atoms with E-state index in [4.69, 9.17) is 14.2 Å². The SMILES string of the molecule is COC(C)(C)CCOC1CN(C(=O)OC(C)(C)C)CC1Br. The second-order valence-electron chi connectivity index (χ2n) is 7.02. The van der Waals surface area contributed by atoms with E-state index in [9.17, 15) is 4.79 Å². The first-order valence-corrected chi connectivity index (χ1v) is 8.24. The van der Waals surface area contributed by atoms with Crippen LogP contribution in [0.4, 0.5) is 4.79 Å². The molecular weight excluding hydrogens is 338 g/mol. The molecule has 1 aliphatic heterocycles. The van der Waals surface area contributed by atoms with E-state index in [0.29, 0.717) is 19.7 Å². The number of methoxy groups -OCH3 is 1. The normalized spacial score (nSPS) is 23.5. The summed E-state index contributed by atoms with van der Waals surface area (Å²) < 4.78 is 16.6. The third kappa shape index (κ3) is 6.53. The molecule has 2 atom stereocenters. The third-order valence-corrected chi connectivity index (χ3v) is 4.32. The Hall–Kier alpha value is -0.330. The minimum absolute atomic E-state index is 0.00910. The standard InChI is InChI=1S/C15H28BrNO4/c1-14(2,3)21-13(18)17-9-11(16)12(10-17)20-8-7-15(4,5)19-6/h11-12H,7-10H2,1-6H3. The van der Waals surface area contributed by atoms with E-state index in [2.05, 4.69) is 15.9 Å². The third-order valence-electron chi connectivity index (χ3n) is 3.44. The van der Waals surface area contributed by atoms with Gasteiger partial charge in [-0.3, -0.25) is 0 Å². The summed E-state index contributed by atoms with van der Waals surface area (Å²) in [6.45, 7) is 11.4. The second-order valence-corrected chi connectivity index (χ2v) is 8.20. The van der Waals surface area contributed by atoms with E-state index in [-0.39, 0.29) is 22.6 Å². The lowest BCUT2D eigenvalue weighted by atomic mass is 10.1. The largest absolute Gasteiger partial charge is 0.444 e. The highest BCUT2D eigenvalue weighted by atomic mass is 79.9. The van der Waals surface area contributed by atoms with Gasteiger partial charge in [0.1, 0.15) is 5.60 Å². The molecule has 1 amide bonds. The smallest absolute Gasteiger partial charge is 0.410 e. The van der Waals surface area contributed by atoms with Crippen LogP contribution < -0.4 is 0 Å². The Balaban J connectivity index is 2.41. The Morgan fingerprint density at radius 2 is 1.86 bits per heavy atom. The average molecular weight is 366 g/mol. The molecule has 1 rings (SSSR count). The summed E-state index contributed by atoms with van der Waals surface area (Å²) in [7, 11) is 1.70. The average Bonchev–Trinajstić information content (AvgIpc) is 2.69. The molecule has 1 fully saturated rings. The Kier molecular flexibility index (Phi) is 6.50. The minimum Gasteiger partial charge on any atom is -0.444 e. The number of rotatable bonds is 5. The quantitative estimate of drug-likeness (QED) is 0.701. The zero-order chi connectivity index (χ0) is 16.3. The van der Waals surface area contributed by atoms with Crippen LogP contribution in [0, 0.1) is 0 Å². The molecule has 0 spiro atoms. The zero-order valence-corrected chi connectivity index (χ0v) is 15.5. The summed E-state index contributed by atoms with van der Waals surface area (Å²) in [5, 5.41) is 0. The van der Waals surface area contributed by atoms with E-state index < -0.39 is 5.60 Å². The predicted molar refractivity (Wildman–Crippen MR) is 86.0 cm³/mol. The van der Waals surface area contributed by atoms with E-state index in [1.807, 2.05) is 34.6 Å². The van der Waals surface area contributed by atoms with E-state index in [1.54, 1.807) is 12.0 Å². The van der Waals surface area contributed by atoms with Gasteiger partial charge in [-0.1, -0.05) is 15.9 Å². The van der Waals surface area contributed by atoms with Gasteiger partial charge >= 0.3 is 6.09 Å². The van der Waals surface area contributed by atoms with E-state index in [0.717, 1.165) is 6.42 Å². The fraction of sp³-hybridized carbons (Fsp3) is 0.933. The van der Waals surface area contributed by atoms with Crippen LogP contribution in [0.15, 0.2) is 0 Å². The number of likely N-dealkylation sites (tertiary alicyclic amines) is 1. The van der Waals surface area contributed by atoms with Crippen LogP contribution in [0.25, 0.3) is 0 Å². The fourth-order valence-corrected chi connectivity index (χ4v) is 2.59. The van der Waals surface area contributed by atoms with Crippen molar-refractivity contribution in [1.82, 2.24) is 4.90 Å². The molecule has 0 bridgehead atoms. The molecule has 5 nitrogen and oxygen atoms in total. The number of carbonyl (C=O) groups is 1. The molecule has 0 aliphatic carbocycles. The van der Waals surface area contributed by atoms with Crippen molar-refractivity contribution >= 4 is 22.0 Å². The highest BCUT2D eigenvalue weighted by Gasteiger charge is 2.36. The van der Waals surface area contributed by atoms with Crippen molar-refractivity contribution in [3.63, 3.8) is 0 Å². The number of halogens is 1. The monoisotopic (exact) mass is 365 g/mol. The molecule has 21 heavy (non-hydrogen) atoms. The van der Waals surface area contributed by atoms with Crippen molar-refractivity contribution in [3.05, 3.63) is 0 Å². The molecule has 0 aromatic carbocycles. The van der Waals surface area contributed by atoms with Gasteiger partial charge in [0.05, 0.1) is 23.1 Å². The molecule has 1 aliphatic rings. The molecule has 124 valence electrons. The first-order chi connectivity index (χ1) is 9.54. The van der Waals surface area contributed by atoms with Gasteiger partial charge in [0, 0.05) is 20.3 Å². The molecule has 0 aromatic heterocycles. The molecule has 1 heterocycles. The van der Waals surface area contributed by atoms with Crippen LogP contribution in [0.1, 0.15) is 41.0 Å². The molecule has 0 saturated carbocycles. The van der Waals surface area contributed by atoms with Gasteiger partial charge < -0.3 is 19.1 Å². The molecule has 0 radical (unpaired) electrons. The number of carbonyl (C=O) groups excluding carboxylic acids is 1. The lowest BCUT2D eigenvalue weighted by Crippen LogP contribution is -2.36. The molecule has 0 N–H and O–H groups in total. The van der Waals surface area contributed by atoms with Crippen molar-refractivity contribution in [2.45, 2.75) is 63.2 Å². The number of ether oxygens (including phenoxy) is 3. The fourth-order valence-electron chi connectivity index (χ4n) is 1.93. The molecular formula is C15H28BrNO4. The Labute approximate surface area is 136 Å². The van der Waals surface area contributed by atoms with Crippen LogP contribution in [0.2, 0.25) is 0 Å². The first kappa shape index (κ1) is 18.7. The summed E-state index contributed by atoms with van der Waals surface area (Å²) in [5.41, 5.74) is -0.661. The Morgan fingerprint density at radius 1 is 1.24 bits per heavy atom. The van der Waals surface area contributed by atoms with Gasteiger partial charge in [-0.2, -0.15) is 0 Å². The van der Waals surface area contributed by atoms with E-state index in [1.165, 1.54) is 0 Å². The maximum absolute atomic E-state index is 12.0. The topological polar surface area (TPSA) is 48.0 Å². The number of nitrogens with zero attached hydrogens (tertiary/aromatic N) is 1. The number of amides is 1. The lowest BCUT2D eigenvalue weighted by molar-refractivity contribution is -0.0248. The Bertz CT molecular complexity index is 354. The summed E-state index contributed by atoms with van der Waals surface area (Å²) >= 11 is 3.59. The van der Waals surface area contributed by atoms with Crippen LogP contribution >= 0.6 is 15.9 Å². The molecule has 6 heteroatoms. The first-order valence-electron chi connectivity index (χ1n) is 7.33. The van der Waals surface area contributed by atoms with Gasteiger partial charge in [-0.25, -0.2) is 4.79 Å². The highest BCUT2D eigenvalue weighted by Crippen LogP contribution is 2.23. The second kappa shape index (κ2) is 7.29. The van der Waals surface area contributed by atoms with Crippen molar-refractivity contribution < 1.29 is 19.0 Å². The lowest BCUT2D eigenvalue weighted by Gasteiger charge is -2.25. The van der Waals surface area contributed by atoms with Gasteiger partial charge in [-0.05, 0) is 41.0 Å². The van der Waals surface area contributed by atoms with Gasteiger partial charge in [-0.15, -0.1) is 0 Å². The Morgan fingerprint density at radius 3 is 2.38 bits per heavy atom. The van der Waals surface area contributed by atoms with Crippen molar-refractivity contribution in [2.24, 2.45) is 0 Å². The molecule has 0 aromatic rings. The van der Waals surface area contributed by atoms with Crippen LogP contribution in [-0.4, -0.2) is 59.9 Å². The number of hydrogen-bond acceptors (Lipinski definition) is 4. The zero-order valence-electron chi connectivity index (χ0n) is 13.9. The van der Waals surface area contributed by atoms with E-state index >= 15 is 0 Å². The molecule has 1 saturated heterocycles. The number of alkyl halides is 1. The minimum atomic E-state index is -0.472. The van der Waals surface area contributed by atoms with Crippen molar-refractivity contribution in [3.8, 4) is 0 Å². The summed E-state index contributed by atoms with van der Waals surface area (Å²) in [5.74, 6) is 0. The summed E-state index contributed by atoms with van der Waals surface area (Å²) in [4.78, 5) is 13.9. The van der Waals surface area contributed by atoms with Crippen molar-refractivity contribution in [2.75, 3.05) is 26.8 Å². The maximum atomic E-state index is 12.0. The summed E-state index contributed by atoms with van der Waals surface area (Å²) in [6.07, 6.45) is 0.520. The predicted octanol–water partition coefficient (Wildman–Crippen LogP) is 3.20. The highest BCUT2D eigenvalue weighted by molar-refractivity contribution is 9.09. The van der Waals surface area contributed by atoms with Crippen LogP contribution in [0.5, 0.6) is 0 Å². The maximum Gasteiger partial charge on any atom is 0.410 e. The van der Waals surface area contributed by atoms with Crippen LogP contribution in [-0.2, 0) is 14.2 Å². The van der Waals surface area contributed by atoms with Crippen molar-refractivity contribution in [1.29, 1.82) is 0 Å². The summed E-state index contributed by atoms with van der Waals surface area (Å²) in [6, 6.07) is 0. The number of hydrogen-bond donors (Lipinski definition) is 0.